The summed E-state index contributed by atoms with van der Waals surface area (Å²) < 4.78 is 43.9. The van der Waals surface area contributed by atoms with Crippen molar-refractivity contribution in [3.8, 4) is 0 Å². The molecular formula is C17H17ClFN3O4S. The Morgan fingerprint density at radius 2 is 1.85 bits per heavy atom. The van der Waals surface area contributed by atoms with Crippen LogP contribution in [-0.2, 0) is 19.4 Å². The Kier molecular flexibility index (Phi) is 6.17. The van der Waals surface area contributed by atoms with Gasteiger partial charge in [0.15, 0.2) is 0 Å². The minimum absolute atomic E-state index is 0.268. The van der Waals surface area contributed by atoms with E-state index in [4.69, 9.17) is 16.3 Å². The van der Waals surface area contributed by atoms with Crippen molar-refractivity contribution in [1.82, 2.24) is 4.98 Å². The van der Waals surface area contributed by atoms with Crippen molar-refractivity contribution in [3.05, 3.63) is 53.6 Å². The van der Waals surface area contributed by atoms with E-state index in [1.165, 1.54) is 30.5 Å². The molecule has 0 atom stereocenters. The number of nitrogens with zero attached hydrogens (tertiary/aromatic N) is 2. The highest BCUT2D eigenvalue weighted by Crippen LogP contribution is 2.22. The molecule has 27 heavy (non-hydrogen) atoms. The van der Waals surface area contributed by atoms with Crippen molar-refractivity contribution < 1.29 is 22.3 Å². The van der Waals surface area contributed by atoms with E-state index in [0.29, 0.717) is 0 Å². The third-order valence-corrected chi connectivity index (χ3v) is 5.06. The first-order valence-electron chi connectivity index (χ1n) is 7.69. The molecule has 0 aliphatic carbocycles. The summed E-state index contributed by atoms with van der Waals surface area (Å²) in [6, 6.07) is 7.51. The fraction of sp³-hybridized carbons (Fsp3) is 0.235. The van der Waals surface area contributed by atoms with Crippen LogP contribution < -0.4 is 5.43 Å². The number of carbonyl (C=O) groups excluding carboxylic acids is 1. The second-order valence-corrected chi connectivity index (χ2v) is 8.52. The van der Waals surface area contributed by atoms with Crippen LogP contribution in [0.3, 0.4) is 0 Å². The molecule has 0 bridgehead atoms. The monoisotopic (exact) mass is 413 g/mol. The molecule has 1 aromatic carbocycles. The average Bonchev–Trinajstić information content (AvgIpc) is 2.55. The number of anilines is 1. The van der Waals surface area contributed by atoms with E-state index in [-0.39, 0.29) is 10.8 Å². The molecule has 1 heterocycles. The van der Waals surface area contributed by atoms with Crippen molar-refractivity contribution in [1.29, 1.82) is 0 Å². The second kappa shape index (κ2) is 8.01. The van der Waals surface area contributed by atoms with Crippen molar-refractivity contribution in [3.63, 3.8) is 0 Å². The summed E-state index contributed by atoms with van der Waals surface area (Å²) in [5, 5.41) is 2.48. The van der Waals surface area contributed by atoms with Crippen LogP contribution in [0, 0.1) is 5.82 Å². The summed E-state index contributed by atoms with van der Waals surface area (Å²) in [5.41, 5.74) is 1.72. The van der Waals surface area contributed by atoms with Crippen LogP contribution in [-0.4, -0.2) is 30.0 Å². The molecule has 0 spiro atoms. The van der Waals surface area contributed by atoms with Gasteiger partial charge in [0, 0.05) is 6.20 Å². The molecule has 144 valence electrons. The van der Waals surface area contributed by atoms with E-state index in [0.717, 1.165) is 12.1 Å². The van der Waals surface area contributed by atoms with Gasteiger partial charge in [0.2, 0.25) is 9.84 Å². The highest BCUT2D eigenvalue weighted by atomic mass is 35.5. The maximum absolute atomic E-state index is 13.0. The van der Waals surface area contributed by atoms with Crippen LogP contribution in [0.5, 0.6) is 0 Å². The molecule has 0 saturated heterocycles. The Balaban J connectivity index is 2.49. The minimum Gasteiger partial charge on any atom is -0.455 e. The zero-order valence-electron chi connectivity index (χ0n) is 14.7. The van der Waals surface area contributed by atoms with E-state index in [9.17, 15) is 17.6 Å². The molecule has 1 aromatic heterocycles. The fourth-order valence-electron chi connectivity index (χ4n) is 1.85. The number of aromatic nitrogens is 1. The zero-order valence-corrected chi connectivity index (χ0v) is 16.3. The number of nitrogens with one attached hydrogen (secondary N) is 1. The van der Waals surface area contributed by atoms with E-state index in [1.807, 2.05) is 0 Å². The van der Waals surface area contributed by atoms with Crippen molar-refractivity contribution in [2.45, 2.75) is 31.3 Å². The molecule has 0 aliphatic rings. The first kappa shape index (κ1) is 20.8. The van der Waals surface area contributed by atoms with Gasteiger partial charge in [-0.05, 0) is 57.2 Å². The maximum atomic E-state index is 13.0. The van der Waals surface area contributed by atoms with Crippen LogP contribution in [0.25, 0.3) is 0 Å². The number of halogens is 2. The molecule has 0 amide bonds. The molecule has 1 N–H and O–H groups in total. The number of hydrogen-bond acceptors (Lipinski definition) is 7. The summed E-state index contributed by atoms with van der Waals surface area (Å²) in [7, 11) is -4.44. The maximum Gasteiger partial charge on any atom is 0.371 e. The summed E-state index contributed by atoms with van der Waals surface area (Å²) >= 11 is 5.87. The molecular weight excluding hydrogens is 397 g/mol. The van der Waals surface area contributed by atoms with Gasteiger partial charge >= 0.3 is 5.97 Å². The van der Waals surface area contributed by atoms with Gasteiger partial charge in [-0.3, -0.25) is 5.43 Å². The summed E-state index contributed by atoms with van der Waals surface area (Å²) in [4.78, 5) is 15.8. The SMILES string of the molecule is CC(C)(C)OC(=O)/C(=N\Nc1ccc(F)cc1)S(=O)(=O)c1cccnc1Cl. The van der Waals surface area contributed by atoms with Crippen LogP contribution in [0.15, 0.2) is 52.6 Å². The third kappa shape index (κ3) is 5.48. The minimum atomic E-state index is -4.44. The molecule has 7 nitrogen and oxygen atoms in total. The first-order valence-corrected chi connectivity index (χ1v) is 9.55. The molecule has 10 heteroatoms. The summed E-state index contributed by atoms with van der Waals surface area (Å²) in [6.07, 6.45) is 1.31. The van der Waals surface area contributed by atoms with Crippen LogP contribution in [0.1, 0.15) is 20.8 Å². The lowest BCUT2D eigenvalue weighted by Gasteiger charge is -2.20. The van der Waals surface area contributed by atoms with Gasteiger partial charge in [0.1, 0.15) is 21.5 Å². The number of sulfone groups is 1. The number of benzene rings is 1. The van der Waals surface area contributed by atoms with Gasteiger partial charge in [-0.2, -0.15) is 5.10 Å². The Labute approximate surface area is 161 Å². The van der Waals surface area contributed by atoms with Crippen molar-refractivity contribution >= 4 is 38.1 Å². The number of carbonyl (C=O) groups is 1. The standard InChI is InChI=1S/C17H17ClFN3O4S/c1-17(2,3)26-16(23)15(22-21-12-8-6-11(19)7-9-12)27(24,25)13-5-4-10-20-14(13)18/h4-10,21H,1-3H3/b22-15+. The van der Waals surface area contributed by atoms with Crippen LogP contribution in [0.4, 0.5) is 10.1 Å². The number of hydrazone groups is 1. The third-order valence-electron chi connectivity index (χ3n) is 2.97. The van der Waals surface area contributed by atoms with Crippen molar-refractivity contribution in [2.24, 2.45) is 5.10 Å². The predicted molar refractivity (Wildman–Crippen MR) is 99.7 cm³/mol. The topological polar surface area (TPSA) is 97.7 Å². The normalized spacial score (nSPS) is 12.6. The lowest BCUT2D eigenvalue weighted by Crippen LogP contribution is -2.34. The summed E-state index contributed by atoms with van der Waals surface area (Å²) in [6.45, 7) is 4.75. The largest absolute Gasteiger partial charge is 0.455 e. The first-order chi connectivity index (χ1) is 12.5. The highest BCUT2D eigenvalue weighted by molar-refractivity contribution is 8.08. The van der Waals surface area contributed by atoms with Crippen molar-refractivity contribution in [2.75, 3.05) is 5.43 Å². The van der Waals surface area contributed by atoms with E-state index in [1.54, 1.807) is 20.8 Å². The molecule has 0 aliphatic heterocycles. The molecule has 2 aromatic rings. The van der Waals surface area contributed by atoms with Gasteiger partial charge in [0.25, 0.3) is 5.04 Å². The number of rotatable bonds is 3. The van der Waals surface area contributed by atoms with Gasteiger partial charge < -0.3 is 4.74 Å². The number of pyridine rings is 1. The van der Waals surface area contributed by atoms with E-state index in [2.05, 4.69) is 15.5 Å². The lowest BCUT2D eigenvalue weighted by molar-refractivity contribution is -0.145. The molecule has 0 unspecified atom stereocenters. The predicted octanol–water partition coefficient (Wildman–Crippen LogP) is 3.42. The zero-order chi connectivity index (χ0) is 20.2. The van der Waals surface area contributed by atoms with Crippen LogP contribution >= 0.6 is 11.6 Å². The molecule has 0 fully saturated rings. The number of esters is 1. The summed E-state index contributed by atoms with van der Waals surface area (Å²) in [5.74, 6) is -1.65. The Morgan fingerprint density at radius 3 is 2.41 bits per heavy atom. The smallest absolute Gasteiger partial charge is 0.371 e. The van der Waals surface area contributed by atoms with Gasteiger partial charge in [-0.1, -0.05) is 11.6 Å². The Morgan fingerprint density at radius 1 is 1.22 bits per heavy atom. The highest BCUT2D eigenvalue weighted by Gasteiger charge is 2.35. The molecule has 0 saturated carbocycles. The van der Waals surface area contributed by atoms with Gasteiger partial charge in [-0.15, -0.1) is 0 Å². The number of ether oxygens (including phenoxy) is 1. The second-order valence-electron chi connectivity index (χ2n) is 6.33. The number of hydrogen-bond donors (Lipinski definition) is 1. The lowest BCUT2D eigenvalue weighted by atomic mass is 10.2. The average molecular weight is 414 g/mol. The van der Waals surface area contributed by atoms with Crippen LogP contribution in [0.2, 0.25) is 5.15 Å². The van der Waals surface area contributed by atoms with Gasteiger partial charge in [-0.25, -0.2) is 22.6 Å². The molecule has 2 rings (SSSR count). The molecule has 0 radical (unpaired) electrons. The Hall–Kier alpha value is -2.52. The van der Waals surface area contributed by atoms with E-state index < -0.39 is 37.2 Å². The van der Waals surface area contributed by atoms with E-state index >= 15 is 0 Å². The quantitative estimate of drug-likeness (QED) is 0.272. The fourth-order valence-corrected chi connectivity index (χ4v) is 3.44. The van der Waals surface area contributed by atoms with Gasteiger partial charge in [0.05, 0.1) is 5.69 Å². The Bertz CT molecular complexity index is 970.